The first-order chi connectivity index (χ1) is 8.78. The average molecular weight is 247 g/mol. The Morgan fingerprint density at radius 1 is 1.33 bits per heavy atom. The molecule has 0 atom stereocenters. The van der Waals surface area contributed by atoms with Crippen LogP contribution in [0.15, 0.2) is 22.8 Å². The van der Waals surface area contributed by atoms with Gasteiger partial charge in [-0.2, -0.15) is 0 Å². The van der Waals surface area contributed by atoms with Crippen molar-refractivity contribution in [1.29, 1.82) is 0 Å². The Labute approximate surface area is 103 Å². The van der Waals surface area contributed by atoms with Crippen LogP contribution in [0.2, 0.25) is 0 Å². The van der Waals surface area contributed by atoms with Crippen molar-refractivity contribution in [3.05, 3.63) is 24.1 Å². The summed E-state index contributed by atoms with van der Waals surface area (Å²) in [5.41, 5.74) is 2.04. The molecule has 2 amide bonds. The molecule has 0 aromatic carbocycles. The summed E-state index contributed by atoms with van der Waals surface area (Å²) in [4.78, 5) is 29.2. The van der Waals surface area contributed by atoms with Gasteiger partial charge in [-0.3, -0.25) is 9.59 Å². The second-order valence-electron chi connectivity index (χ2n) is 4.32. The average Bonchev–Trinajstić information content (AvgIpc) is 2.99. The molecule has 18 heavy (non-hydrogen) atoms. The molecule has 0 bridgehead atoms. The van der Waals surface area contributed by atoms with Gasteiger partial charge < -0.3 is 19.2 Å². The molecule has 94 valence electrons. The summed E-state index contributed by atoms with van der Waals surface area (Å²) in [6.07, 6.45) is 2.40. The number of hydrogen-bond donors (Lipinski definition) is 1. The highest BCUT2D eigenvalue weighted by molar-refractivity contribution is 5.96. The topological polar surface area (TPSA) is 69.6 Å². The molecular formula is C12H13N3O3. The van der Waals surface area contributed by atoms with Crippen LogP contribution < -0.4 is 0 Å². The molecule has 1 aliphatic heterocycles. The van der Waals surface area contributed by atoms with E-state index in [0.29, 0.717) is 37.5 Å². The van der Waals surface area contributed by atoms with Crippen LogP contribution in [0.5, 0.6) is 0 Å². The Hall–Kier alpha value is -2.24. The quantitative estimate of drug-likeness (QED) is 0.793. The molecule has 6 heteroatoms. The van der Waals surface area contributed by atoms with Crippen molar-refractivity contribution in [1.82, 2.24) is 14.8 Å². The number of H-pyrrole nitrogens is 1. The predicted molar refractivity (Wildman–Crippen MR) is 64.1 cm³/mol. The van der Waals surface area contributed by atoms with Crippen molar-refractivity contribution in [2.45, 2.75) is 0 Å². The first-order valence-electron chi connectivity index (χ1n) is 5.83. The van der Waals surface area contributed by atoms with Gasteiger partial charge in [-0.25, -0.2) is 0 Å². The van der Waals surface area contributed by atoms with Gasteiger partial charge in [-0.05, 0) is 0 Å². The Morgan fingerprint density at radius 2 is 2.11 bits per heavy atom. The highest BCUT2D eigenvalue weighted by Gasteiger charge is 2.22. The summed E-state index contributed by atoms with van der Waals surface area (Å²) >= 11 is 0. The first kappa shape index (κ1) is 10.9. The predicted octanol–water partition coefficient (Wildman–Crippen LogP) is 0.675. The molecule has 1 N–H and O–H groups in total. The lowest BCUT2D eigenvalue weighted by molar-refractivity contribution is -0.119. The third-order valence-electron chi connectivity index (χ3n) is 3.22. The van der Waals surface area contributed by atoms with Gasteiger partial charge in [-0.15, -0.1) is 0 Å². The van der Waals surface area contributed by atoms with Gasteiger partial charge in [0.15, 0.2) is 5.58 Å². The number of carbonyl (C=O) groups excluding carboxylic acids is 2. The van der Waals surface area contributed by atoms with Gasteiger partial charge in [0.05, 0.1) is 11.8 Å². The van der Waals surface area contributed by atoms with Crippen molar-refractivity contribution in [3.63, 3.8) is 0 Å². The molecule has 1 aliphatic rings. The lowest BCUT2D eigenvalue weighted by Crippen LogP contribution is -2.48. The van der Waals surface area contributed by atoms with E-state index in [1.54, 1.807) is 28.2 Å². The fourth-order valence-corrected chi connectivity index (χ4v) is 2.16. The normalized spacial score (nSPS) is 16.2. The van der Waals surface area contributed by atoms with Crippen LogP contribution in [-0.2, 0) is 4.79 Å². The molecular weight excluding hydrogens is 234 g/mol. The minimum Gasteiger partial charge on any atom is -0.463 e. The first-order valence-corrected chi connectivity index (χ1v) is 5.83. The number of nitrogens with one attached hydrogen (secondary N) is 1. The molecule has 0 aliphatic carbocycles. The number of rotatable bonds is 2. The molecule has 0 radical (unpaired) electrons. The summed E-state index contributed by atoms with van der Waals surface area (Å²) < 4.78 is 5.21. The number of fused-ring (bicyclic) bond motifs is 1. The van der Waals surface area contributed by atoms with Crippen molar-refractivity contribution in [2.24, 2.45) is 0 Å². The molecule has 0 unspecified atom stereocenters. The van der Waals surface area contributed by atoms with Crippen LogP contribution in [0, 0.1) is 0 Å². The highest BCUT2D eigenvalue weighted by Crippen LogP contribution is 2.17. The second kappa shape index (κ2) is 4.21. The van der Waals surface area contributed by atoms with E-state index in [1.165, 1.54) is 0 Å². The van der Waals surface area contributed by atoms with Crippen molar-refractivity contribution < 1.29 is 14.0 Å². The van der Waals surface area contributed by atoms with Crippen LogP contribution in [0.3, 0.4) is 0 Å². The zero-order valence-corrected chi connectivity index (χ0v) is 9.76. The molecule has 0 saturated carbocycles. The second-order valence-corrected chi connectivity index (χ2v) is 4.32. The Balaban J connectivity index is 1.75. The molecule has 2 aromatic heterocycles. The van der Waals surface area contributed by atoms with Gasteiger partial charge in [0.2, 0.25) is 6.41 Å². The fourth-order valence-electron chi connectivity index (χ4n) is 2.16. The van der Waals surface area contributed by atoms with E-state index >= 15 is 0 Å². The fraction of sp³-hybridized carbons (Fsp3) is 0.333. The monoisotopic (exact) mass is 247 g/mol. The van der Waals surface area contributed by atoms with Gasteiger partial charge >= 0.3 is 0 Å². The largest absolute Gasteiger partial charge is 0.463 e. The number of nitrogens with zero attached hydrogens (tertiary/aromatic N) is 2. The number of amides is 2. The van der Waals surface area contributed by atoms with E-state index in [0.717, 1.165) is 11.9 Å². The Morgan fingerprint density at radius 3 is 2.78 bits per heavy atom. The van der Waals surface area contributed by atoms with Gasteiger partial charge in [0, 0.05) is 38.3 Å². The maximum Gasteiger partial charge on any atom is 0.270 e. The number of furan rings is 1. The van der Waals surface area contributed by atoms with Gasteiger partial charge in [0.1, 0.15) is 5.69 Å². The van der Waals surface area contributed by atoms with E-state index in [2.05, 4.69) is 4.98 Å². The van der Waals surface area contributed by atoms with Crippen LogP contribution in [0.1, 0.15) is 10.5 Å². The number of aromatic amines is 1. The van der Waals surface area contributed by atoms with Crippen LogP contribution >= 0.6 is 0 Å². The Bertz CT molecular complexity index is 550. The molecule has 2 aromatic rings. The lowest BCUT2D eigenvalue weighted by Gasteiger charge is -2.32. The summed E-state index contributed by atoms with van der Waals surface area (Å²) in [6, 6.07) is 3.50. The zero-order valence-electron chi connectivity index (χ0n) is 9.76. The van der Waals surface area contributed by atoms with Crippen LogP contribution in [0.4, 0.5) is 0 Å². The molecule has 6 nitrogen and oxygen atoms in total. The van der Waals surface area contributed by atoms with E-state index in [1.807, 2.05) is 0 Å². The Kier molecular flexibility index (Phi) is 2.55. The van der Waals surface area contributed by atoms with E-state index in [9.17, 15) is 9.59 Å². The van der Waals surface area contributed by atoms with Crippen molar-refractivity contribution in [2.75, 3.05) is 26.2 Å². The minimum atomic E-state index is -0.0491. The summed E-state index contributed by atoms with van der Waals surface area (Å²) in [6.45, 7) is 2.31. The van der Waals surface area contributed by atoms with Gasteiger partial charge in [-0.1, -0.05) is 0 Å². The zero-order chi connectivity index (χ0) is 12.5. The number of aromatic nitrogens is 1. The SMILES string of the molecule is O=CN1CCN(C(=O)c2cc3occc3[nH]2)CC1. The van der Waals surface area contributed by atoms with Crippen LogP contribution in [0.25, 0.3) is 11.1 Å². The van der Waals surface area contributed by atoms with E-state index < -0.39 is 0 Å². The standard InChI is InChI=1S/C12H13N3O3/c16-8-14-2-4-15(5-3-14)12(17)10-7-11-9(13-10)1-6-18-11/h1,6-8,13H,2-5H2. The summed E-state index contributed by atoms with van der Waals surface area (Å²) in [5.74, 6) is -0.0491. The van der Waals surface area contributed by atoms with E-state index in [-0.39, 0.29) is 5.91 Å². The van der Waals surface area contributed by atoms with Gasteiger partial charge in [0.25, 0.3) is 5.91 Å². The molecule has 1 fully saturated rings. The molecule has 3 rings (SSSR count). The number of piperazine rings is 1. The number of carbonyl (C=O) groups is 2. The number of hydrogen-bond acceptors (Lipinski definition) is 3. The molecule has 1 saturated heterocycles. The van der Waals surface area contributed by atoms with Crippen molar-refractivity contribution in [3.8, 4) is 0 Å². The smallest absolute Gasteiger partial charge is 0.270 e. The summed E-state index contributed by atoms with van der Waals surface area (Å²) in [5, 5.41) is 0. The third kappa shape index (κ3) is 1.75. The maximum atomic E-state index is 12.2. The molecule has 0 spiro atoms. The van der Waals surface area contributed by atoms with Crippen LogP contribution in [-0.4, -0.2) is 53.3 Å². The maximum absolute atomic E-state index is 12.2. The molecule has 3 heterocycles. The van der Waals surface area contributed by atoms with E-state index in [4.69, 9.17) is 4.42 Å². The minimum absolute atomic E-state index is 0.0491. The third-order valence-corrected chi connectivity index (χ3v) is 3.22. The summed E-state index contributed by atoms with van der Waals surface area (Å²) in [7, 11) is 0. The van der Waals surface area contributed by atoms with Crippen molar-refractivity contribution >= 4 is 23.4 Å². The highest BCUT2D eigenvalue weighted by atomic mass is 16.3. The lowest BCUT2D eigenvalue weighted by atomic mass is 10.3.